The lowest BCUT2D eigenvalue weighted by Gasteiger charge is -2.27. The first kappa shape index (κ1) is 23.6. The Hall–Kier alpha value is -3.11. The van der Waals surface area contributed by atoms with E-state index in [9.17, 15) is 20.0 Å². The summed E-state index contributed by atoms with van der Waals surface area (Å²) in [6.07, 6.45) is 0.333. The monoisotopic (exact) mass is 469 g/mol. The molecule has 0 fully saturated rings. The molecular formula is C24H21Cl2N3O3. The number of hydrogen-bond acceptors (Lipinski definition) is 4. The van der Waals surface area contributed by atoms with Crippen molar-refractivity contribution in [3.63, 3.8) is 0 Å². The van der Waals surface area contributed by atoms with Crippen molar-refractivity contribution >= 4 is 45.8 Å². The van der Waals surface area contributed by atoms with Crippen LogP contribution in [0.5, 0.6) is 0 Å². The fraction of sp³-hybridized carbons (Fsp3) is 0.208. The Morgan fingerprint density at radius 2 is 1.84 bits per heavy atom. The molecule has 1 atom stereocenters. The molecule has 0 radical (unpaired) electrons. The van der Waals surface area contributed by atoms with Gasteiger partial charge in [-0.3, -0.25) is 9.59 Å². The molecular weight excluding hydrogens is 449 g/mol. The van der Waals surface area contributed by atoms with Crippen LogP contribution in [0.2, 0.25) is 10.0 Å². The molecule has 3 rings (SSSR count). The van der Waals surface area contributed by atoms with Gasteiger partial charge in [0, 0.05) is 24.6 Å². The summed E-state index contributed by atoms with van der Waals surface area (Å²) in [5.74, 6) is -1.42. The van der Waals surface area contributed by atoms with E-state index in [1.807, 2.05) is 12.1 Å². The Kier molecular flexibility index (Phi) is 7.70. The van der Waals surface area contributed by atoms with Gasteiger partial charge in [-0.25, -0.2) is 0 Å². The zero-order chi connectivity index (χ0) is 23.3. The van der Waals surface area contributed by atoms with E-state index in [0.29, 0.717) is 33.0 Å². The predicted molar refractivity (Wildman–Crippen MR) is 125 cm³/mol. The van der Waals surface area contributed by atoms with E-state index in [-0.39, 0.29) is 25.6 Å². The van der Waals surface area contributed by atoms with Crippen LogP contribution in [0.15, 0.2) is 54.6 Å². The van der Waals surface area contributed by atoms with Crippen molar-refractivity contribution in [3.8, 4) is 6.07 Å². The van der Waals surface area contributed by atoms with Gasteiger partial charge in [-0.05, 0) is 47.0 Å². The van der Waals surface area contributed by atoms with Crippen molar-refractivity contribution < 1.29 is 14.7 Å². The van der Waals surface area contributed by atoms with E-state index in [1.54, 1.807) is 36.4 Å². The van der Waals surface area contributed by atoms with Crippen LogP contribution in [0, 0.1) is 11.3 Å². The number of rotatable bonds is 8. The molecule has 8 heteroatoms. The molecule has 0 aliphatic carbocycles. The molecule has 0 heterocycles. The van der Waals surface area contributed by atoms with Gasteiger partial charge in [0.05, 0.1) is 28.2 Å². The zero-order valence-electron chi connectivity index (χ0n) is 17.1. The number of benzene rings is 3. The zero-order valence-corrected chi connectivity index (χ0v) is 18.6. The summed E-state index contributed by atoms with van der Waals surface area (Å²) in [7, 11) is 0. The third-order valence-corrected chi connectivity index (χ3v) is 5.93. The molecule has 0 aromatic heterocycles. The summed E-state index contributed by atoms with van der Waals surface area (Å²) in [5.41, 5.74) is 6.85. The smallest absolute Gasteiger partial charge is 0.255 e. The van der Waals surface area contributed by atoms with Crippen LogP contribution in [0.3, 0.4) is 0 Å². The highest BCUT2D eigenvalue weighted by atomic mass is 35.5. The summed E-state index contributed by atoms with van der Waals surface area (Å²) in [6, 6.07) is 17.6. The minimum atomic E-state index is -0.670. The Balaban J connectivity index is 2.03. The summed E-state index contributed by atoms with van der Waals surface area (Å²) in [4.78, 5) is 26.7. The first-order chi connectivity index (χ1) is 15.3. The highest BCUT2D eigenvalue weighted by Crippen LogP contribution is 2.30. The summed E-state index contributed by atoms with van der Waals surface area (Å²) in [5, 5.41) is 21.1. The third kappa shape index (κ3) is 5.38. The number of fused-ring (bicyclic) bond motifs is 1. The van der Waals surface area contributed by atoms with Crippen LogP contribution in [-0.2, 0) is 4.79 Å². The van der Waals surface area contributed by atoms with Crippen molar-refractivity contribution in [1.29, 1.82) is 5.26 Å². The van der Waals surface area contributed by atoms with Gasteiger partial charge in [0.15, 0.2) is 0 Å². The minimum absolute atomic E-state index is 0.116. The molecule has 0 saturated carbocycles. The lowest BCUT2D eigenvalue weighted by Crippen LogP contribution is -2.41. The lowest BCUT2D eigenvalue weighted by molar-refractivity contribution is -0.118. The van der Waals surface area contributed by atoms with Crippen LogP contribution in [0.1, 0.15) is 33.8 Å². The van der Waals surface area contributed by atoms with Crippen LogP contribution >= 0.6 is 23.2 Å². The van der Waals surface area contributed by atoms with Gasteiger partial charge >= 0.3 is 0 Å². The maximum atomic E-state index is 13.6. The van der Waals surface area contributed by atoms with Gasteiger partial charge in [0.1, 0.15) is 0 Å². The highest BCUT2D eigenvalue weighted by molar-refractivity contribution is 6.42. The number of nitrogens with zero attached hydrogens (tertiary/aromatic N) is 2. The van der Waals surface area contributed by atoms with E-state index in [4.69, 9.17) is 28.9 Å². The van der Waals surface area contributed by atoms with E-state index in [1.165, 1.54) is 11.0 Å². The maximum Gasteiger partial charge on any atom is 0.255 e. The van der Waals surface area contributed by atoms with Crippen molar-refractivity contribution in [2.24, 2.45) is 5.73 Å². The largest absolute Gasteiger partial charge is 0.396 e. The molecule has 0 unspecified atom stereocenters. The number of carbonyl (C=O) groups excluding carboxylic acids is 2. The van der Waals surface area contributed by atoms with Crippen molar-refractivity contribution in [2.75, 3.05) is 19.7 Å². The average Bonchev–Trinajstić information content (AvgIpc) is 2.78. The molecule has 3 N–H and O–H groups in total. The van der Waals surface area contributed by atoms with Crippen LogP contribution in [0.4, 0.5) is 0 Å². The Morgan fingerprint density at radius 1 is 1.09 bits per heavy atom. The molecule has 32 heavy (non-hydrogen) atoms. The second kappa shape index (κ2) is 10.5. The van der Waals surface area contributed by atoms with Gasteiger partial charge in [-0.1, -0.05) is 53.5 Å². The Bertz CT molecular complexity index is 1210. The van der Waals surface area contributed by atoms with Crippen molar-refractivity contribution in [1.82, 2.24) is 4.90 Å². The highest BCUT2D eigenvalue weighted by Gasteiger charge is 2.25. The molecule has 2 amide bonds. The SMILES string of the molecule is N#Cc1cc(C(=O)N(CC(N)=O)C[C@@H](CCO)c2ccc(Cl)c(Cl)c2)c2ccccc2c1. The molecule has 0 saturated heterocycles. The van der Waals surface area contributed by atoms with Gasteiger partial charge in [-0.2, -0.15) is 5.26 Å². The standard InChI is InChI=1S/C24H21Cl2N3O3/c25-21-6-5-16(11-22(21)26)18(7-8-30)13-29(14-23(28)31)24(32)20-10-15(12-27)9-17-3-1-2-4-19(17)20/h1-6,9-11,18,30H,7-8,13-14H2,(H2,28,31)/t18-/m1/s1. The van der Waals surface area contributed by atoms with E-state index in [2.05, 4.69) is 6.07 Å². The van der Waals surface area contributed by atoms with Gasteiger partial charge in [0.25, 0.3) is 5.91 Å². The minimum Gasteiger partial charge on any atom is -0.396 e. The summed E-state index contributed by atoms with van der Waals surface area (Å²) >= 11 is 12.2. The Labute approximate surface area is 195 Å². The fourth-order valence-electron chi connectivity index (χ4n) is 3.68. The molecule has 6 nitrogen and oxygen atoms in total. The number of amides is 2. The molecule has 3 aromatic rings. The second-order valence-electron chi connectivity index (χ2n) is 7.39. The van der Waals surface area contributed by atoms with E-state index in [0.717, 1.165) is 10.9 Å². The third-order valence-electron chi connectivity index (χ3n) is 5.19. The topological polar surface area (TPSA) is 107 Å². The normalized spacial score (nSPS) is 11.7. The number of carbonyl (C=O) groups is 2. The van der Waals surface area contributed by atoms with Crippen molar-refractivity contribution in [2.45, 2.75) is 12.3 Å². The van der Waals surface area contributed by atoms with E-state index < -0.39 is 11.8 Å². The van der Waals surface area contributed by atoms with Gasteiger partial charge in [0.2, 0.25) is 5.91 Å². The molecule has 0 aliphatic heterocycles. The molecule has 3 aromatic carbocycles. The summed E-state index contributed by atoms with van der Waals surface area (Å²) < 4.78 is 0. The maximum absolute atomic E-state index is 13.6. The number of nitrogens with two attached hydrogens (primary N) is 1. The van der Waals surface area contributed by atoms with E-state index >= 15 is 0 Å². The number of aliphatic hydroxyl groups is 1. The lowest BCUT2D eigenvalue weighted by atomic mass is 9.94. The molecule has 0 bridgehead atoms. The van der Waals surface area contributed by atoms with Crippen LogP contribution in [-0.4, -0.2) is 41.5 Å². The number of aliphatic hydroxyl groups excluding tert-OH is 1. The number of nitriles is 1. The molecule has 0 spiro atoms. The quantitative estimate of drug-likeness (QED) is 0.517. The fourth-order valence-corrected chi connectivity index (χ4v) is 3.99. The first-order valence-electron chi connectivity index (χ1n) is 9.90. The number of halogens is 2. The first-order valence-corrected chi connectivity index (χ1v) is 10.7. The summed E-state index contributed by atoms with van der Waals surface area (Å²) in [6.45, 7) is -0.324. The number of primary amides is 1. The van der Waals surface area contributed by atoms with Gasteiger partial charge < -0.3 is 15.7 Å². The Morgan fingerprint density at radius 3 is 2.50 bits per heavy atom. The average molecular weight is 470 g/mol. The molecule has 164 valence electrons. The second-order valence-corrected chi connectivity index (χ2v) is 8.21. The number of hydrogen-bond donors (Lipinski definition) is 2. The predicted octanol–water partition coefficient (Wildman–Crippen LogP) is 4.11. The van der Waals surface area contributed by atoms with Crippen LogP contribution in [0.25, 0.3) is 10.8 Å². The van der Waals surface area contributed by atoms with Crippen LogP contribution < -0.4 is 5.73 Å². The van der Waals surface area contributed by atoms with Gasteiger partial charge in [-0.15, -0.1) is 0 Å². The molecule has 0 aliphatic rings. The van der Waals surface area contributed by atoms with Crippen molar-refractivity contribution in [3.05, 3.63) is 81.3 Å².